The molecule has 23 heavy (non-hydrogen) atoms. The molecule has 5 nitrogen and oxygen atoms in total. The lowest BCUT2D eigenvalue weighted by atomic mass is 10.1. The Hall–Kier alpha value is -1.38. The minimum atomic E-state index is 0.0511. The number of rotatable bonds is 6. The van der Waals surface area contributed by atoms with E-state index in [9.17, 15) is 9.59 Å². The molecule has 0 spiro atoms. The van der Waals surface area contributed by atoms with Gasteiger partial charge in [-0.1, -0.05) is 34.9 Å². The van der Waals surface area contributed by atoms with E-state index in [0.29, 0.717) is 17.7 Å². The fourth-order valence-corrected chi connectivity index (χ4v) is 4.63. The minimum Gasteiger partial charge on any atom is -0.312 e. The highest BCUT2D eigenvalue weighted by molar-refractivity contribution is 8.03. The van der Waals surface area contributed by atoms with Gasteiger partial charge in [0.2, 0.25) is 5.91 Å². The Morgan fingerprint density at radius 2 is 2.00 bits per heavy atom. The number of anilines is 1. The molecule has 1 aliphatic rings. The van der Waals surface area contributed by atoms with E-state index in [1.165, 1.54) is 23.1 Å². The molecule has 120 valence electrons. The average Bonchev–Trinajstić information content (AvgIpc) is 3.21. The smallest absolute Gasteiger partial charge is 0.227 e. The van der Waals surface area contributed by atoms with Crippen LogP contribution >= 0.6 is 34.9 Å². The molecule has 0 saturated carbocycles. The molecule has 1 amide bonds. The Bertz CT molecular complexity index is 715. The monoisotopic (exact) mass is 365 g/mol. The summed E-state index contributed by atoms with van der Waals surface area (Å²) in [6, 6.07) is 7.27. The Morgan fingerprint density at radius 1 is 1.26 bits per heavy atom. The van der Waals surface area contributed by atoms with Crippen molar-refractivity contribution >= 4 is 52.2 Å². The molecule has 0 radical (unpaired) electrons. The molecular formula is C15H15N3O2S3. The molecule has 0 bridgehead atoms. The lowest BCUT2D eigenvalue weighted by molar-refractivity contribution is -0.117. The van der Waals surface area contributed by atoms with Crippen LogP contribution in [0.5, 0.6) is 0 Å². The summed E-state index contributed by atoms with van der Waals surface area (Å²) < 4.78 is 1.71. The van der Waals surface area contributed by atoms with Crippen LogP contribution in [0.3, 0.4) is 0 Å². The van der Waals surface area contributed by atoms with Crippen molar-refractivity contribution in [1.82, 2.24) is 10.2 Å². The maximum atomic E-state index is 12.2. The summed E-state index contributed by atoms with van der Waals surface area (Å²) in [6.45, 7) is 0.761. The second-order valence-electron chi connectivity index (χ2n) is 4.95. The maximum Gasteiger partial charge on any atom is 0.227 e. The molecule has 2 aromatic rings. The topological polar surface area (TPSA) is 63.2 Å². The van der Waals surface area contributed by atoms with Crippen LogP contribution in [-0.4, -0.2) is 40.4 Å². The van der Waals surface area contributed by atoms with E-state index >= 15 is 0 Å². The standard InChI is InChI=1S/C15H15N3O2S3/c1-21-14-16-17-15(23-14)22-9-12(19)10-4-6-11(7-5-10)18-8-2-3-13(18)20/h4-7H,2-3,8-9H2,1H3. The first kappa shape index (κ1) is 16.5. The van der Waals surface area contributed by atoms with Crippen molar-refractivity contribution in [3.8, 4) is 0 Å². The van der Waals surface area contributed by atoms with Gasteiger partial charge in [0.1, 0.15) is 0 Å². The van der Waals surface area contributed by atoms with Gasteiger partial charge in [0.15, 0.2) is 14.5 Å². The highest BCUT2D eigenvalue weighted by Gasteiger charge is 2.21. The summed E-state index contributed by atoms with van der Waals surface area (Å²) in [5.74, 6) is 0.543. The van der Waals surface area contributed by atoms with Gasteiger partial charge in [0, 0.05) is 24.2 Å². The first-order valence-corrected chi connectivity index (χ1v) is 10.1. The third-order valence-corrected chi connectivity index (χ3v) is 6.50. The Morgan fingerprint density at radius 3 is 2.61 bits per heavy atom. The summed E-state index contributed by atoms with van der Waals surface area (Å²) >= 11 is 4.45. The van der Waals surface area contributed by atoms with Gasteiger partial charge in [-0.05, 0) is 36.9 Å². The molecule has 8 heteroatoms. The fraction of sp³-hybridized carbons (Fsp3) is 0.333. The van der Waals surface area contributed by atoms with Crippen molar-refractivity contribution in [3.63, 3.8) is 0 Å². The van der Waals surface area contributed by atoms with Gasteiger partial charge in [0.05, 0.1) is 5.75 Å². The minimum absolute atomic E-state index is 0.0511. The Labute approximate surface area is 146 Å². The quantitative estimate of drug-likeness (QED) is 0.578. The second kappa shape index (κ2) is 7.46. The third-order valence-electron chi connectivity index (χ3n) is 3.46. The second-order valence-corrected chi connectivity index (χ2v) is 8.20. The van der Waals surface area contributed by atoms with Crippen molar-refractivity contribution in [1.29, 1.82) is 0 Å². The predicted octanol–water partition coefficient (Wildman–Crippen LogP) is 3.36. The predicted molar refractivity (Wildman–Crippen MR) is 94.8 cm³/mol. The van der Waals surface area contributed by atoms with Gasteiger partial charge >= 0.3 is 0 Å². The van der Waals surface area contributed by atoms with E-state index in [-0.39, 0.29) is 11.7 Å². The number of nitrogens with zero attached hydrogens (tertiary/aromatic N) is 3. The zero-order chi connectivity index (χ0) is 16.2. The van der Waals surface area contributed by atoms with Crippen LogP contribution in [-0.2, 0) is 4.79 Å². The summed E-state index contributed by atoms with van der Waals surface area (Å²) in [5.41, 5.74) is 1.52. The summed E-state index contributed by atoms with van der Waals surface area (Å²) in [6.07, 6.45) is 3.46. The Balaban J connectivity index is 1.60. The molecule has 1 saturated heterocycles. The zero-order valence-corrected chi connectivity index (χ0v) is 15.0. The number of hydrogen-bond acceptors (Lipinski definition) is 7. The molecule has 0 atom stereocenters. The molecule has 1 aliphatic heterocycles. The summed E-state index contributed by atoms with van der Waals surface area (Å²) in [4.78, 5) is 25.7. The van der Waals surface area contributed by atoms with Crippen molar-refractivity contribution < 1.29 is 9.59 Å². The average molecular weight is 366 g/mol. The van der Waals surface area contributed by atoms with E-state index in [4.69, 9.17) is 0 Å². The fourth-order valence-electron chi connectivity index (χ4n) is 2.30. The van der Waals surface area contributed by atoms with Gasteiger partial charge in [-0.15, -0.1) is 10.2 Å². The first-order chi connectivity index (χ1) is 11.2. The lowest BCUT2D eigenvalue weighted by Crippen LogP contribution is -2.23. The molecular weight excluding hydrogens is 350 g/mol. The van der Waals surface area contributed by atoms with Crippen molar-refractivity contribution in [2.24, 2.45) is 0 Å². The number of hydrogen-bond donors (Lipinski definition) is 0. The number of benzene rings is 1. The van der Waals surface area contributed by atoms with E-state index in [0.717, 1.165) is 27.3 Å². The number of carbonyl (C=O) groups excluding carboxylic acids is 2. The molecule has 1 fully saturated rings. The molecule has 0 aliphatic carbocycles. The van der Waals surface area contributed by atoms with Crippen LogP contribution < -0.4 is 4.90 Å². The van der Waals surface area contributed by atoms with E-state index in [2.05, 4.69) is 10.2 Å². The zero-order valence-electron chi connectivity index (χ0n) is 12.5. The molecule has 3 rings (SSSR count). The van der Waals surface area contributed by atoms with Crippen LogP contribution in [0, 0.1) is 0 Å². The largest absolute Gasteiger partial charge is 0.312 e. The normalized spacial score (nSPS) is 14.5. The first-order valence-electron chi connectivity index (χ1n) is 7.11. The SMILES string of the molecule is CSc1nnc(SCC(=O)c2ccc(N3CCCC3=O)cc2)s1. The number of amides is 1. The van der Waals surface area contributed by atoms with Crippen LogP contribution in [0.15, 0.2) is 32.9 Å². The van der Waals surface area contributed by atoms with Gasteiger partial charge in [-0.3, -0.25) is 9.59 Å². The van der Waals surface area contributed by atoms with E-state index < -0.39 is 0 Å². The highest BCUT2D eigenvalue weighted by atomic mass is 32.2. The molecule has 2 heterocycles. The third kappa shape index (κ3) is 3.94. The number of thioether (sulfide) groups is 2. The summed E-state index contributed by atoms with van der Waals surface area (Å²) in [5, 5.41) is 8.05. The van der Waals surface area contributed by atoms with E-state index in [1.807, 2.05) is 18.4 Å². The van der Waals surface area contributed by atoms with Gasteiger partial charge in [-0.2, -0.15) is 0 Å². The van der Waals surface area contributed by atoms with Crippen LogP contribution in [0.2, 0.25) is 0 Å². The Kier molecular flexibility index (Phi) is 5.34. The maximum absolute atomic E-state index is 12.2. The molecule has 0 unspecified atom stereocenters. The number of carbonyl (C=O) groups is 2. The van der Waals surface area contributed by atoms with Crippen LogP contribution in [0.25, 0.3) is 0 Å². The van der Waals surface area contributed by atoms with Gasteiger partial charge in [0.25, 0.3) is 0 Å². The molecule has 1 aromatic heterocycles. The van der Waals surface area contributed by atoms with E-state index in [1.54, 1.807) is 28.8 Å². The number of ketones is 1. The van der Waals surface area contributed by atoms with Crippen molar-refractivity contribution in [2.75, 3.05) is 23.5 Å². The van der Waals surface area contributed by atoms with Crippen LogP contribution in [0.1, 0.15) is 23.2 Å². The van der Waals surface area contributed by atoms with Gasteiger partial charge in [-0.25, -0.2) is 0 Å². The molecule has 0 N–H and O–H groups in total. The lowest BCUT2D eigenvalue weighted by Gasteiger charge is -2.15. The van der Waals surface area contributed by atoms with Crippen molar-refractivity contribution in [3.05, 3.63) is 29.8 Å². The van der Waals surface area contributed by atoms with Gasteiger partial charge < -0.3 is 4.90 Å². The van der Waals surface area contributed by atoms with Crippen LogP contribution in [0.4, 0.5) is 5.69 Å². The summed E-state index contributed by atoms with van der Waals surface area (Å²) in [7, 11) is 0. The number of Topliss-reactive ketones (excluding diaryl/α,β-unsaturated/α-hetero) is 1. The van der Waals surface area contributed by atoms with Crippen molar-refractivity contribution in [2.45, 2.75) is 21.5 Å². The number of aromatic nitrogens is 2. The molecule has 1 aromatic carbocycles. The highest BCUT2D eigenvalue weighted by Crippen LogP contribution is 2.28.